The fourth-order valence-corrected chi connectivity index (χ4v) is 3.24. The molecule has 1 aliphatic carbocycles. The van der Waals surface area contributed by atoms with E-state index in [0.717, 1.165) is 30.7 Å². The molecule has 0 spiro atoms. The molecule has 0 saturated heterocycles. The number of hydrogen-bond donors (Lipinski definition) is 0. The number of ether oxygens (including phenoxy) is 2. The van der Waals surface area contributed by atoms with Crippen molar-refractivity contribution in [3.05, 3.63) is 100 Å². The first kappa shape index (κ1) is 20.2. The molecular formula is C22H15Cl2FN2O3. The van der Waals surface area contributed by atoms with Crippen molar-refractivity contribution in [1.82, 2.24) is 9.88 Å². The second-order valence-corrected chi connectivity index (χ2v) is 7.29. The van der Waals surface area contributed by atoms with Gasteiger partial charge >= 0.3 is 0 Å². The number of allylic oxidation sites excluding steroid dienone is 4. The van der Waals surface area contributed by atoms with Gasteiger partial charge in [0, 0.05) is 17.3 Å². The van der Waals surface area contributed by atoms with E-state index in [1.807, 2.05) is 12.2 Å². The SMILES string of the molecule is O=C(c1cc(F)cnc1Oc1cc(Cl)ccc1Cl)N1C=COC(C2=CC=CCC2)=C1. The molecule has 1 amide bonds. The molecule has 2 aromatic rings. The number of benzene rings is 1. The molecule has 0 fully saturated rings. The topological polar surface area (TPSA) is 51.7 Å². The Kier molecular flexibility index (Phi) is 5.88. The van der Waals surface area contributed by atoms with Gasteiger partial charge in [0.15, 0.2) is 0 Å². The standard InChI is InChI=1S/C22H15Cl2FN2O3/c23-15-6-7-18(24)19(10-15)30-21-17(11-16(25)12-26-21)22(28)27-8-9-29-20(13-27)14-4-2-1-3-5-14/h1-2,4,6-13H,3,5H2. The van der Waals surface area contributed by atoms with Gasteiger partial charge in [0.05, 0.1) is 17.4 Å². The maximum atomic E-state index is 13.9. The molecule has 0 N–H and O–H groups in total. The van der Waals surface area contributed by atoms with Gasteiger partial charge in [0.25, 0.3) is 5.91 Å². The van der Waals surface area contributed by atoms with Gasteiger partial charge in [-0.25, -0.2) is 9.37 Å². The molecule has 8 heteroatoms. The Balaban J connectivity index is 1.66. The van der Waals surface area contributed by atoms with Crippen LogP contribution in [0.1, 0.15) is 23.2 Å². The van der Waals surface area contributed by atoms with Crippen molar-refractivity contribution in [3.63, 3.8) is 0 Å². The molecule has 1 aromatic carbocycles. The normalized spacial score (nSPS) is 15.4. The largest absolute Gasteiger partial charge is 0.462 e. The highest BCUT2D eigenvalue weighted by Crippen LogP contribution is 2.33. The van der Waals surface area contributed by atoms with Crippen molar-refractivity contribution >= 4 is 29.1 Å². The summed E-state index contributed by atoms with van der Waals surface area (Å²) in [6.45, 7) is 0. The van der Waals surface area contributed by atoms with Gasteiger partial charge in [0.1, 0.15) is 29.2 Å². The van der Waals surface area contributed by atoms with Crippen molar-refractivity contribution in [1.29, 1.82) is 0 Å². The second kappa shape index (κ2) is 8.73. The van der Waals surface area contributed by atoms with E-state index in [9.17, 15) is 9.18 Å². The van der Waals surface area contributed by atoms with E-state index in [0.29, 0.717) is 10.8 Å². The van der Waals surface area contributed by atoms with Crippen LogP contribution in [0.15, 0.2) is 78.7 Å². The number of carbonyl (C=O) groups is 1. The summed E-state index contributed by atoms with van der Waals surface area (Å²) in [7, 11) is 0. The van der Waals surface area contributed by atoms with Gasteiger partial charge in [-0.1, -0.05) is 41.4 Å². The van der Waals surface area contributed by atoms with E-state index < -0.39 is 11.7 Å². The van der Waals surface area contributed by atoms with E-state index in [1.165, 1.54) is 23.4 Å². The van der Waals surface area contributed by atoms with Crippen molar-refractivity contribution in [2.45, 2.75) is 12.8 Å². The highest BCUT2D eigenvalue weighted by molar-refractivity contribution is 6.34. The van der Waals surface area contributed by atoms with Crippen LogP contribution in [-0.4, -0.2) is 15.8 Å². The molecule has 152 valence electrons. The van der Waals surface area contributed by atoms with Gasteiger partial charge < -0.3 is 9.47 Å². The molecule has 1 aliphatic heterocycles. The smallest absolute Gasteiger partial charge is 0.267 e. The number of halogens is 3. The molecule has 2 heterocycles. The molecule has 0 atom stereocenters. The molecule has 30 heavy (non-hydrogen) atoms. The number of pyridine rings is 1. The van der Waals surface area contributed by atoms with Crippen LogP contribution < -0.4 is 4.74 Å². The first-order valence-electron chi connectivity index (χ1n) is 9.03. The highest BCUT2D eigenvalue weighted by Gasteiger charge is 2.24. The van der Waals surface area contributed by atoms with Crippen LogP contribution in [0.5, 0.6) is 11.6 Å². The summed E-state index contributed by atoms with van der Waals surface area (Å²) < 4.78 is 25.2. The van der Waals surface area contributed by atoms with E-state index in [4.69, 9.17) is 32.7 Å². The van der Waals surface area contributed by atoms with Crippen molar-refractivity contribution < 1.29 is 18.7 Å². The van der Waals surface area contributed by atoms with Gasteiger partial charge in [-0.2, -0.15) is 0 Å². The van der Waals surface area contributed by atoms with Crippen LogP contribution in [0.4, 0.5) is 4.39 Å². The summed E-state index contributed by atoms with van der Waals surface area (Å²) in [6.07, 6.45) is 12.9. The number of rotatable bonds is 4. The molecule has 0 unspecified atom stereocenters. The van der Waals surface area contributed by atoms with E-state index in [-0.39, 0.29) is 22.2 Å². The minimum absolute atomic E-state index is 0.0780. The Morgan fingerprint density at radius 1 is 1.27 bits per heavy atom. The lowest BCUT2D eigenvalue weighted by atomic mass is 10.0. The lowest BCUT2D eigenvalue weighted by Gasteiger charge is -2.22. The van der Waals surface area contributed by atoms with E-state index in [1.54, 1.807) is 18.3 Å². The zero-order valence-electron chi connectivity index (χ0n) is 15.5. The molecule has 0 saturated carbocycles. The van der Waals surface area contributed by atoms with E-state index >= 15 is 0 Å². The Morgan fingerprint density at radius 2 is 2.13 bits per heavy atom. The van der Waals surface area contributed by atoms with Crippen LogP contribution in [0.3, 0.4) is 0 Å². The zero-order chi connectivity index (χ0) is 21.1. The molecule has 0 bridgehead atoms. The molecule has 1 aromatic heterocycles. The predicted molar refractivity (Wildman–Crippen MR) is 112 cm³/mol. The van der Waals surface area contributed by atoms with Crippen LogP contribution in [0, 0.1) is 5.82 Å². The van der Waals surface area contributed by atoms with E-state index in [2.05, 4.69) is 11.1 Å². The monoisotopic (exact) mass is 444 g/mol. The number of carbonyl (C=O) groups excluding carboxylic acids is 1. The molecular weight excluding hydrogens is 430 g/mol. The molecule has 0 radical (unpaired) electrons. The predicted octanol–water partition coefficient (Wildman–Crippen LogP) is 6.38. The maximum absolute atomic E-state index is 13.9. The zero-order valence-corrected chi connectivity index (χ0v) is 17.0. The number of nitrogens with zero attached hydrogens (tertiary/aromatic N) is 2. The van der Waals surface area contributed by atoms with Crippen LogP contribution in [0.25, 0.3) is 0 Å². The first-order chi connectivity index (χ1) is 14.5. The van der Waals surface area contributed by atoms with Gasteiger partial charge in [-0.05, 0) is 36.6 Å². The lowest BCUT2D eigenvalue weighted by Crippen LogP contribution is -2.24. The quantitative estimate of drug-likeness (QED) is 0.548. The Morgan fingerprint density at radius 3 is 2.93 bits per heavy atom. The number of amides is 1. The molecule has 4 rings (SSSR count). The summed E-state index contributed by atoms with van der Waals surface area (Å²) in [5.74, 6) is -0.575. The molecule has 5 nitrogen and oxygen atoms in total. The highest BCUT2D eigenvalue weighted by atomic mass is 35.5. The van der Waals surface area contributed by atoms with Gasteiger partial charge in [-0.15, -0.1) is 0 Å². The fraction of sp³-hybridized carbons (Fsp3) is 0.0909. The summed E-state index contributed by atoms with van der Waals surface area (Å²) in [5, 5.41) is 0.664. The van der Waals surface area contributed by atoms with Gasteiger partial charge in [-0.3, -0.25) is 9.69 Å². The fourth-order valence-electron chi connectivity index (χ4n) is 2.92. The third-order valence-electron chi connectivity index (χ3n) is 4.39. The minimum atomic E-state index is -0.676. The number of aromatic nitrogens is 1. The molecule has 2 aliphatic rings. The Hall–Kier alpha value is -3.09. The van der Waals surface area contributed by atoms with Gasteiger partial charge in [0.2, 0.25) is 5.88 Å². The maximum Gasteiger partial charge on any atom is 0.267 e. The third-order valence-corrected chi connectivity index (χ3v) is 4.93. The average Bonchev–Trinajstić information content (AvgIpc) is 2.77. The first-order valence-corrected chi connectivity index (χ1v) is 9.79. The summed E-state index contributed by atoms with van der Waals surface area (Å²) >= 11 is 12.1. The van der Waals surface area contributed by atoms with Crippen molar-refractivity contribution in [2.75, 3.05) is 0 Å². The summed E-state index contributed by atoms with van der Waals surface area (Å²) in [5.41, 5.74) is 0.880. The lowest BCUT2D eigenvalue weighted by molar-refractivity contribution is 0.0851. The average molecular weight is 445 g/mol. The summed E-state index contributed by atoms with van der Waals surface area (Å²) in [4.78, 5) is 18.4. The van der Waals surface area contributed by atoms with Crippen molar-refractivity contribution in [2.24, 2.45) is 0 Å². The Bertz CT molecular complexity index is 1130. The van der Waals surface area contributed by atoms with Crippen molar-refractivity contribution in [3.8, 4) is 11.6 Å². The van der Waals surface area contributed by atoms with Crippen LogP contribution >= 0.6 is 23.2 Å². The second-order valence-electron chi connectivity index (χ2n) is 6.45. The summed E-state index contributed by atoms with van der Waals surface area (Å²) in [6, 6.07) is 5.69. The van der Waals surface area contributed by atoms with Crippen LogP contribution in [0.2, 0.25) is 10.0 Å². The third kappa shape index (κ3) is 4.40. The Labute approximate surface area is 182 Å². The minimum Gasteiger partial charge on any atom is -0.462 e. The number of hydrogen-bond acceptors (Lipinski definition) is 4. The van der Waals surface area contributed by atoms with Crippen LogP contribution in [-0.2, 0) is 4.74 Å².